The Kier molecular flexibility index (Phi) is 8.57. The fourth-order valence-electron chi connectivity index (χ4n) is 3.23. The molecule has 2 amide bonds. The molecule has 8 heteroatoms. The van der Waals surface area contributed by atoms with Crippen LogP contribution in [0.4, 0.5) is 5.69 Å². The van der Waals surface area contributed by atoms with Crippen LogP contribution in [0.15, 0.2) is 24.3 Å². The number of benzene rings is 1. The van der Waals surface area contributed by atoms with Crippen LogP contribution in [0.25, 0.3) is 0 Å². The molecule has 0 heterocycles. The number of amides is 2. The highest BCUT2D eigenvalue weighted by Crippen LogP contribution is 2.18. The van der Waals surface area contributed by atoms with Gasteiger partial charge < -0.3 is 10.6 Å². The quantitative estimate of drug-likeness (QED) is 0.401. The summed E-state index contributed by atoms with van der Waals surface area (Å²) in [6.07, 6.45) is 9.03. The molecule has 0 radical (unpaired) electrons. The van der Waals surface area contributed by atoms with Crippen molar-refractivity contribution < 1.29 is 14.5 Å². The van der Waals surface area contributed by atoms with E-state index in [2.05, 4.69) is 10.6 Å². The molecule has 1 fully saturated rings. The van der Waals surface area contributed by atoms with Gasteiger partial charge in [-0.2, -0.15) is 11.8 Å². The standard InChI is InChI=1S/C19H27N3O4S/c1-27-12-11-17(19(24)20-15-8-4-2-3-5-9-15)21-18(23)14-7-6-10-16(13-14)22(25)26/h6-7,10,13,15,17H,2-5,8-9,11-12H2,1H3,(H,20,24)(H,21,23)/t17-/m1/s1. The SMILES string of the molecule is CSCC[C@@H](NC(=O)c1cccc([N+](=O)[O-])c1)C(=O)NC1CCCCCC1. The van der Waals surface area contributed by atoms with Crippen molar-refractivity contribution in [3.63, 3.8) is 0 Å². The summed E-state index contributed by atoms with van der Waals surface area (Å²) in [4.78, 5) is 35.6. The highest BCUT2D eigenvalue weighted by molar-refractivity contribution is 7.98. The second-order valence-electron chi connectivity index (χ2n) is 6.81. The van der Waals surface area contributed by atoms with E-state index in [4.69, 9.17) is 0 Å². The first-order valence-electron chi connectivity index (χ1n) is 9.36. The number of rotatable bonds is 8. The van der Waals surface area contributed by atoms with E-state index in [0.717, 1.165) is 31.4 Å². The lowest BCUT2D eigenvalue weighted by molar-refractivity contribution is -0.384. The first-order valence-corrected chi connectivity index (χ1v) is 10.7. The number of nitrogens with one attached hydrogen (secondary N) is 2. The van der Waals surface area contributed by atoms with Gasteiger partial charge in [0.15, 0.2) is 0 Å². The Morgan fingerprint density at radius 3 is 2.59 bits per heavy atom. The molecule has 148 valence electrons. The van der Waals surface area contributed by atoms with Crippen LogP contribution in [0.3, 0.4) is 0 Å². The Hall–Kier alpha value is -2.09. The lowest BCUT2D eigenvalue weighted by Crippen LogP contribution is -2.49. The summed E-state index contributed by atoms with van der Waals surface area (Å²) >= 11 is 1.61. The van der Waals surface area contributed by atoms with Crippen LogP contribution in [0, 0.1) is 10.1 Å². The Morgan fingerprint density at radius 1 is 1.26 bits per heavy atom. The average Bonchev–Trinajstić information content (AvgIpc) is 2.93. The zero-order valence-electron chi connectivity index (χ0n) is 15.6. The highest BCUT2D eigenvalue weighted by atomic mass is 32.2. The molecule has 0 saturated heterocycles. The van der Waals surface area contributed by atoms with Crippen LogP contribution in [0.2, 0.25) is 0 Å². The predicted molar refractivity (Wildman–Crippen MR) is 107 cm³/mol. The minimum absolute atomic E-state index is 0.147. The lowest BCUT2D eigenvalue weighted by atomic mass is 10.1. The summed E-state index contributed by atoms with van der Waals surface area (Å²) in [6.45, 7) is 0. The number of nitro benzene ring substituents is 1. The molecule has 1 aliphatic carbocycles. The predicted octanol–water partition coefficient (Wildman–Crippen LogP) is 3.29. The number of hydrogen-bond donors (Lipinski definition) is 2. The summed E-state index contributed by atoms with van der Waals surface area (Å²) in [6, 6.07) is 5.05. The number of non-ortho nitro benzene ring substituents is 1. The second-order valence-corrected chi connectivity index (χ2v) is 7.80. The highest BCUT2D eigenvalue weighted by Gasteiger charge is 2.24. The van der Waals surface area contributed by atoms with Gasteiger partial charge in [-0.1, -0.05) is 31.7 Å². The van der Waals surface area contributed by atoms with Crippen molar-refractivity contribution in [3.8, 4) is 0 Å². The fourth-order valence-corrected chi connectivity index (χ4v) is 3.70. The molecular weight excluding hydrogens is 366 g/mol. The van der Waals surface area contributed by atoms with Crippen LogP contribution in [-0.4, -0.2) is 40.8 Å². The number of thioether (sulfide) groups is 1. The molecule has 1 aliphatic rings. The number of nitrogens with zero attached hydrogens (tertiary/aromatic N) is 1. The molecule has 0 aliphatic heterocycles. The van der Waals surface area contributed by atoms with Crippen LogP contribution >= 0.6 is 11.8 Å². The Morgan fingerprint density at radius 2 is 1.96 bits per heavy atom. The van der Waals surface area contributed by atoms with Gasteiger partial charge >= 0.3 is 0 Å². The van der Waals surface area contributed by atoms with E-state index in [1.807, 2.05) is 6.26 Å². The molecule has 0 aromatic heterocycles. The van der Waals surface area contributed by atoms with E-state index in [1.54, 1.807) is 11.8 Å². The molecule has 1 aromatic rings. The molecular formula is C19H27N3O4S. The maximum absolute atomic E-state index is 12.7. The van der Waals surface area contributed by atoms with Gasteiger partial charge in [-0.05, 0) is 37.3 Å². The third-order valence-corrected chi connectivity index (χ3v) is 5.40. The van der Waals surface area contributed by atoms with E-state index >= 15 is 0 Å². The zero-order valence-corrected chi connectivity index (χ0v) is 16.4. The fraction of sp³-hybridized carbons (Fsp3) is 0.579. The van der Waals surface area contributed by atoms with Crippen molar-refractivity contribution in [1.82, 2.24) is 10.6 Å². The molecule has 0 bridgehead atoms. The minimum Gasteiger partial charge on any atom is -0.352 e. The normalized spacial score (nSPS) is 16.2. The van der Waals surface area contributed by atoms with E-state index in [0.29, 0.717) is 6.42 Å². The molecule has 2 rings (SSSR count). The Balaban J connectivity index is 2.03. The number of nitro groups is 1. The van der Waals surface area contributed by atoms with Gasteiger partial charge in [0.2, 0.25) is 5.91 Å². The van der Waals surface area contributed by atoms with Gasteiger partial charge in [-0.25, -0.2) is 0 Å². The summed E-state index contributed by atoms with van der Waals surface area (Å²) in [7, 11) is 0. The molecule has 0 spiro atoms. The third-order valence-electron chi connectivity index (χ3n) is 4.75. The summed E-state index contributed by atoms with van der Waals surface area (Å²) in [5.41, 5.74) is 0.0341. The molecule has 7 nitrogen and oxygen atoms in total. The van der Waals surface area contributed by atoms with Crippen molar-refractivity contribution in [2.45, 2.75) is 57.0 Å². The molecule has 2 N–H and O–H groups in total. The second kappa shape index (κ2) is 10.9. The van der Waals surface area contributed by atoms with E-state index in [1.165, 1.54) is 37.1 Å². The number of carbonyl (C=O) groups is 2. The Labute approximate surface area is 163 Å². The topological polar surface area (TPSA) is 101 Å². The van der Waals surface area contributed by atoms with E-state index in [9.17, 15) is 19.7 Å². The van der Waals surface area contributed by atoms with Crippen molar-refractivity contribution >= 4 is 29.3 Å². The van der Waals surface area contributed by atoms with Gasteiger partial charge in [0.1, 0.15) is 6.04 Å². The molecule has 1 saturated carbocycles. The van der Waals surface area contributed by atoms with Gasteiger partial charge in [0.05, 0.1) is 4.92 Å². The van der Waals surface area contributed by atoms with Crippen LogP contribution in [0.1, 0.15) is 55.3 Å². The van der Waals surface area contributed by atoms with Crippen LogP contribution in [0.5, 0.6) is 0 Å². The maximum Gasteiger partial charge on any atom is 0.270 e. The average molecular weight is 394 g/mol. The third kappa shape index (κ3) is 6.86. The van der Waals surface area contributed by atoms with E-state index < -0.39 is 16.9 Å². The smallest absolute Gasteiger partial charge is 0.270 e. The first kappa shape index (κ1) is 21.2. The Bertz CT molecular complexity index is 660. The van der Waals surface area contributed by atoms with Crippen LogP contribution < -0.4 is 10.6 Å². The lowest BCUT2D eigenvalue weighted by Gasteiger charge is -2.22. The molecule has 1 aromatic carbocycles. The maximum atomic E-state index is 12.7. The molecule has 27 heavy (non-hydrogen) atoms. The largest absolute Gasteiger partial charge is 0.352 e. The number of hydrogen-bond acceptors (Lipinski definition) is 5. The van der Waals surface area contributed by atoms with E-state index in [-0.39, 0.29) is 23.2 Å². The summed E-state index contributed by atoms with van der Waals surface area (Å²) in [5.74, 6) is 0.0911. The van der Waals surface area contributed by atoms with Gasteiger partial charge in [0, 0.05) is 23.7 Å². The summed E-state index contributed by atoms with van der Waals surface area (Å²) < 4.78 is 0. The van der Waals surface area contributed by atoms with Crippen molar-refractivity contribution in [2.75, 3.05) is 12.0 Å². The van der Waals surface area contributed by atoms with Crippen molar-refractivity contribution in [1.29, 1.82) is 0 Å². The minimum atomic E-state index is -0.646. The molecule has 1 atom stereocenters. The van der Waals surface area contributed by atoms with Crippen molar-refractivity contribution in [3.05, 3.63) is 39.9 Å². The van der Waals surface area contributed by atoms with Gasteiger partial charge in [-0.3, -0.25) is 19.7 Å². The van der Waals surface area contributed by atoms with Crippen LogP contribution in [-0.2, 0) is 4.79 Å². The monoisotopic (exact) mass is 393 g/mol. The zero-order chi connectivity index (χ0) is 19.6. The molecule has 0 unspecified atom stereocenters. The van der Waals surface area contributed by atoms with Gasteiger partial charge in [0.25, 0.3) is 11.6 Å². The van der Waals surface area contributed by atoms with Crippen molar-refractivity contribution in [2.24, 2.45) is 0 Å². The first-order chi connectivity index (χ1) is 13.0. The van der Waals surface area contributed by atoms with Gasteiger partial charge in [-0.15, -0.1) is 0 Å². The number of carbonyl (C=O) groups excluding carboxylic acids is 2. The summed E-state index contributed by atoms with van der Waals surface area (Å²) in [5, 5.41) is 16.7.